The van der Waals surface area contributed by atoms with E-state index in [0.29, 0.717) is 32.4 Å². The van der Waals surface area contributed by atoms with Crippen molar-refractivity contribution in [3.63, 3.8) is 0 Å². The second-order valence-electron chi connectivity index (χ2n) is 5.04. The van der Waals surface area contributed by atoms with Crippen molar-refractivity contribution < 1.29 is 13.2 Å². The molecule has 6 nitrogen and oxygen atoms in total. The maximum atomic E-state index is 12.1. The van der Waals surface area contributed by atoms with Gasteiger partial charge in [-0.25, -0.2) is 12.7 Å². The van der Waals surface area contributed by atoms with Gasteiger partial charge in [-0.3, -0.25) is 4.79 Å². The molecule has 1 unspecified atom stereocenters. The fraction of sp³-hybridized carbons (Fsp3) is 0.909. The van der Waals surface area contributed by atoms with E-state index < -0.39 is 15.4 Å². The Hall–Kier alpha value is -0.660. The molecule has 1 saturated heterocycles. The van der Waals surface area contributed by atoms with E-state index in [2.05, 4.69) is 5.32 Å². The van der Waals surface area contributed by atoms with Gasteiger partial charge in [-0.15, -0.1) is 0 Å². The molecule has 18 heavy (non-hydrogen) atoms. The fourth-order valence-corrected chi connectivity index (χ4v) is 3.88. The molecular weight excluding hydrogens is 254 g/mol. The van der Waals surface area contributed by atoms with Crippen molar-refractivity contribution in [3.05, 3.63) is 0 Å². The Morgan fingerprint density at radius 1 is 1.44 bits per heavy atom. The molecule has 1 rings (SSSR count). The van der Waals surface area contributed by atoms with E-state index >= 15 is 0 Å². The summed E-state index contributed by atoms with van der Waals surface area (Å²) in [5, 5.41) is 2.59. The van der Waals surface area contributed by atoms with Gasteiger partial charge in [0.25, 0.3) is 0 Å². The molecule has 1 aliphatic rings. The predicted octanol–water partition coefficient (Wildman–Crippen LogP) is -0.487. The Kier molecular flexibility index (Phi) is 5.12. The van der Waals surface area contributed by atoms with E-state index in [4.69, 9.17) is 5.73 Å². The molecule has 0 bridgehead atoms. The first-order valence-corrected chi connectivity index (χ1v) is 7.87. The molecule has 0 aromatic carbocycles. The summed E-state index contributed by atoms with van der Waals surface area (Å²) in [4.78, 5) is 11.7. The zero-order valence-electron chi connectivity index (χ0n) is 11.1. The van der Waals surface area contributed by atoms with Crippen LogP contribution in [-0.4, -0.2) is 51.1 Å². The van der Waals surface area contributed by atoms with Crippen LogP contribution in [0.4, 0.5) is 0 Å². The number of hydrogen-bond acceptors (Lipinski definition) is 4. The van der Waals surface area contributed by atoms with Gasteiger partial charge in [-0.1, -0.05) is 0 Å². The van der Waals surface area contributed by atoms with Gasteiger partial charge in [0, 0.05) is 20.1 Å². The lowest BCUT2D eigenvalue weighted by Crippen LogP contribution is -2.40. The van der Waals surface area contributed by atoms with Gasteiger partial charge in [0.1, 0.15) is 0 Å². The summed E-state index contributed by atoms with van der Waals surface area (Å²) in [5.74, 6) is 0.0238. The molecule has 1 aliphatic heterocycles. The summed E-state index contributed by atoms with van der Waals surface area (Å²) < 4.78 is 25.5. The molecule has 1 heterocycles. The van der Waals surface area contributed by atoms with Crippen LogP contribution >= 0.6 is 0 Å². The summed E-state index contributed by atoms with van der Waals surface area (Å²) in [7, 11) is -1.67. The first-order valence-electron chi connectivity index (χ1n) is 6.26. The molecule has 0 saturated carbocycles. The summed E-state index contributed by atoms with van der Waals surface area (Å²) in [6, 6.07) is 0. The van der Waals surface area contributed by atoms with E-state index in [1.165, 1.54) is 4.31 Å². The van der Waals surface area contributed by atoms with Crippen molar-refractivity contribution in [1.29, 1.82) is 0 Å². The number of sulfonamides is 1. The molecule has 7 heteroatoms. The number of nitrogens with zero attached hydrogens (tertiary/aromatic N) is 1. The maximum Gasteiger partial charge on any atom is 0.227 e. The minimum absolute atomic E-state index is 0.0952. The van der Waals surface area contributed by atoms with Crippen molar-refractivity contribution in [2.75, 3.05) is 32.4 Å². The third kappa shape index (κ3) is 3.43. The topological polar surface area (TPSA) is 92.5 Å². The molecule has 1 amide bonds. The second kappa shape index (κ2) is 5.99. The van der Waals surface area contributed by atoms with Crippen LogP contribution in [0.2, 0.25) is 0 Å². The lowest BCUT2D eigenvalue weighted by molar-refractivity contribution is -0.128. The summed E-state index contributed by atoms with van der Waals surface area (Å²) in [5.41, 5.74) is 4.75. The van der Waals surface area contributed by atoms with Crippen LogP contribution in [0.5, 0.6) is 0 Å². The van der Waals surface area contributed by atoms with Crippen LogP contribution in [0.25, 0.3) is 0 Å². The van der Waals surface area contributed by atoms with Gasteiger partial charge in [0.05, 0.1) is 11.2 Å². The van der Waals surface area contributed by atoms with E-state index in [9.17, 15) is 13.2 Å². The summed E-state index contributed by atoms with van der Waals surface area (Å²) in [6.45, 7) is 3.01. The van der Waals surface area contributed by atoms with Crippen molar-refractivity contribution >= 4 is 15.9 Å². The highest BCUT2D eigenvalue weighted by atomic mass is 32.2. The summed E-state index contributed by atoms with van der Waals surface area (Å²) >= 11 is 0. The Balaban J connectivity index is 2.63. The fourth-order valence-electron chi connectivity index (χ4n) is 2.20. The van der Waals surface area contributed by atoms with E-state index in [1.54, 1.807) is 14.0 Å². The molecule has 106 valence electrons. The predicted molar refractivity (Wildman–Crippen MR) is 70.4 cm³/mol. The largest absolute Gasteiger partial charge is 0.359 e. The minimum atomic E-state index is -3.25. The van der Waals surface area contributed by atoms with Crippen LogP contribution < -0.4 is 11.1 Å². The number of carbonyl (C=O) groups is 1. The van der Waals surface area contributed by atoms with Crippen LogP contribution in [0.3, 0.4) is 0 Å². The van der Waals surface area contributed by atoms with Crippen LogP contribution in [0.15, 0.2) is 0 Å². The van der Waals surface area contributed by atoms with Crippen LogP contribution in [0, 0.1) is 5.41 Å². The smallest absolute Gasteiger partial charge is 0.227 e. The highest BCUT2D eigenvalue weighted by molar-refractivity contribution is 7.89. The van der Waals surface area contributed by atoms with Gasteiger partial charge in [0.2, 0.25) is 15.9 Å². The average Bonchev–Trinajstić information content (AvgIpc) is 2.73. The highest BCUT2D eigenvalue weighted by Crippen LogP contribution is 2.31. The zero-order chi connectivity index (χ0) is 13.8. The minimum Gasteiger partial charge on any atom is -0.359 e. The maximum absolute atomic E-state index is 12.1. The van der Waals surface area contributed by atoms with E-state index in [0.717, 1.165) is 0 Å². The van der Waals surface area contributed by atoms with Crippen LogP contribution in [0.1, 0.15) is 26.2 Å². The third-order valence-corrected chi connectivity index (χ3v) is 5.37. The molecular formula is C11H23N3O3S. The average molecular weight is 277 g/mol. The summed E-state index contributed by atoms with van der Waals surface area (Å²) in [6.07, 6.45) is 1.86. The zero-order valence-corrected chi connectivity index (χ0v) is 11.9. The number of hydrogen-bond donors (Lipinski definition) is 2. The number of rotatable bonds is 6. The highest BCUT2D eigenvalue weighted by Gasteiger charge is 2.43. The number of carbonyl (C=O) groups excluding carboxylic acids is 1. The Morgan fingerprint density at radius 2 is 2.11 bits per heavy atom. The third-order valence-electron chi connectivity index (χ3n) is 3.46. The van der Waals surface area contributed by atoms with Gasteiger partial charge in [0.15, 0.2) is 0 Å². The van der Waals surface area contributed by atoms with Gasteiger partial charge < -0.3 is 11.1 Å². The normalized spacial score (nSPS) is 25.3. The van der Waals surface area contributed by atoms with E-state index in [1.807, 2.05) is 0 Å². The number of nitrogens with one attached hydrogen (secondary N) is 1. The molecule has 0 aromatic rings. The Labute approximate surface area is 109 Å². The second-order valence-corrected chi connectivity index (χ2v) is 7.12. The molecule has 1 atom stereocenters. The Morgan fingerprint density at radius 3 is 2.67 bits per heavy atom. The lowest BCUT2D eigenvalue weighted by atomic mass is 9.89. The quantitative estimate of drug-likeness (QED) is 0.641. The first kappa shape index (κ1) is 15.4. The number of nitrogens with two attached hydrogens (primary N) is 1. The van der Waals surface area contributed by atoms with Crippen LogP contribution in [-0.2, 0) is 14.8 Å². The number of unbranched alkanes of at least 4 members (excludes halogenated alkanes) is 1. The molecule has 1 fully saturated rings. The molecule has 0 aliphatic carbocycles. The van der Waals surface area contributed by atoms with Crippen molar-refractivity contribution in [3.8, 4) is 0 Å². The first-order chi connectivity index (χ1) is 8.35. The lowest BCUT2D eigenvalue weighted by Gasteiger charge is -2.22. The SMILES string of the molecule is CNC(=O)C1(C)CCN(S(=O)(=O)CCCCN)C1. The van der Waals surface area contributed by atoms with Gasteiger partial charge in [-0.2, -0.15) is 0 Å². The van der Waals surface area contributed by atoms with Gasteiger partial charge in [-0.05, 0) is 32.7 Å². The standard InChI is InChI=1S/C11H23N3O3S/c1-11(10(15)13-2)5-7-14(9-11)18(16,17)8-4-3-6-12/h3-9,12H2,1-2H3,(H,13,15). The monoisotopic (exact) mass is 277 g/mol. The van der Waals surface area contributed by atoms with E-state index in [-0.39, 0.29) is 18.2 Å². The van der Waals surface area contributed by atoms with Crippen molar-refractivity contribution in [2.24, 2.45) is 11.1 Å². The van der Waals surface area contributed by atoms with Crippen molar-refractivity contribution in [1.82, 2.24) is 9.62 Å². The molecule has 3 N–H and O–H groups in total. The van der Waals surface area contributed by atoms with Gasteiger partial charge >= 0.3 is 0 Å². The number of amides is 1. The van der Waals surface area contributed by atoms with Crippen molar-refractivity contribution in [2.45, 2.75) is 26.2 Å². The molecule has 0 aromatic heterocycles. The molecule has 0 spiro atoms. The Bertz CT molecular complexity index is 396. The molecule has 0 radical (unpaired) electrons.